The Morgan fingerprint density at radius 1 is 1.53 bits per heavy atom. The molecule has 0 saturated carbocycles. The van der Waals surface area contributed by atoms with Crippen molar-refractivity contribution in [2.45, 2.75) is 38.8 Å². The zero-order valence-electron chi connectivity index (χ0n) is 11.4. The number of nitrogens with one attached hydrogen (secondary N) is 1. The lowest BCUT2D eigenvalue weighted by atomic mass is 10.1. The maximum Gasteiger partial charge on any atom is 0.408 e. The number of ether oxygens (including phenoxy) is 1. The van der Waals surface area contributed by atoms with Gasteiger partial charge in [0, 0.05) is 7.05 Å². The van der Waals surface area contributed by atoms with Gasteiger partial charge in [0.05, 0.1) is 18.7 Å². The van der Waals surface area contributed by atoms with Gasteiger partial charge >= 0.3 is 12.1 Å². The third kappa shape index (κ3) is 5.36. The normalized spacial score (nSPS) is 12.8. The molecule has 0 bridgehead atoms. The van der Waals surface area contributed by atoms with Crippen molar-refractivity contribution in [2.75, 3.05) is 0 Å². The molecule has 0 aliphatic carbocycles. The van der Waals surface area contributed by atoms with Crippen molar-refractivity contribution in [3.8, 4) is 0 Å². The van der Waals surface area contributed by atoms with Crippen LogP contribution in [0.2, 0.25) is 0 Å². The van der Waals surface area contributed by atoms with Crippen molar-refractivity contribution in [2.24, 2.45) is 7.05 Å². The van der Waals surface area contributed by atoms with Gasteiger partial charge in [0.2, 0.25) is 0 Å². The minimum absolute atomic E-state index is 0.294. The van der Waals surface area contributed by atoms with Crippen molar-refractivity contribution in [1.82, 2.24) is 20.3 Å². The number of hydrogen-bond donors (Lipinski definition) is 2. The molecule has 1 aromatic rings. The predicted molar refractivity (Wildman–Crippen MR) is 65.4 cm³/mol. The minimum atomic E-state index is -1.05. The first kappa shape index (κ1) is 14.9. The zero-order valence-corrected chi connectivity index (χ0v) is 11.4. The average Bonchev–Trinajstić information content (AvgIpc) is 2.60. The summed E-state index contributed by atoms with van der Waals surface area (Å²) >= 11 is 0. The van der Waals surface area contributed by atoms with Crippen LogP contribution in [0.25, 0.3) is 0 Å². The van der Waals surface area contributed by atoms with Gasteiger partial charge in [-0.1, -0.05) is 5.21 Å². The molecule has 0 radical (unpaired) electrons. The number of aryl methyl sites for hydroxylation is 1. The van der Waals surface area contributed by atoms with E-state index in [2.05, 4.69) is 15.6 Å². The SMILES string of the molecule is Cn1cc([C@@H](CC(=O)O)NC(=O)OC(C)(C)C)nn1. The number of carboxylic acids is 1. The zero-order chi connectivity index (χ0) is 14.6. The first-order valence-corrected chi connectivity index (χ1v) is 5.75. The summed E-state index contributed by atoms with van der Waals surface area (Å²) in [6.07, 6.45) is 0.563. The Bertz CT molecular complexity index is 464. The van der Waals surface area contributed by atoms with Crippen LogP contribution in [0, 0.1) is 0 Å². The third-order valence-corrected chi connectivity index (χ3v) is 2.05. The lowest BCUT2D eigenvalue weighted by Gasteiger charge is -2.22. The van der Waals surface area contributed by atoms with E-state index in [-0.39, 0.29) is 6.42 Å². The van der Waals surface area contributed by atoms with E-state index in [1.807, 2.05) is 0 Å². The predicted octanol–water partition coefficient (Wildman–Crippen LogP) is 0.856. The lowest BCUT2D eigenvalue weighted by Crippen LogP contribution is -2.36. The summed E-state index contributed by atoms with van der Waals surface area (Å²) in [7, 11) is 1.65. The highest BCUT2D eigenvalue weighted by molar-refractivity contribution is 5.71. The van der Waals surface area contributed by atoms with Gasteiger partial charge in [0.15, 0.2) is 0 Å². The fourth-order valence-electron chi connectivity index (χ4n) is 1.38. The average molecular weight is 270 g/mol. The smallest absolute Gasteiger partial charge is 0.408 e. The third-order valence-electron chi connectivity index (χ3n) is 2.05. The van der Waals surface area contributed by atoms with E-state index in [0.717, 1.165) is 0 Å². The van der Waals surface area contributed by atoms with Crippen molar-refractivity contribution in [3.05, 3.63) is 11.9 Å². The van der Waals surface area contributed by atoms with E-state index < -0.39 is 23.7 Å². The number of aromatic nitrogens is 3. The number of amides is 1. The molecule has 0 fully saturated rings. The number of alkyl carbamates (subject to hydrolysis) is 1. The summed E-state index contributed by atoms with van der Waals surface area (Å²) in [5.41, 5.74) is -0.281. The molecule has 1 heterocycles. The molecule has 1 aromatic heterocycles. The van der Waals surface area contributed by atoms with Crippen LogP contribution < -0.4 is 5.32 Å². The standard InChI is InChI=1S/C11H18N4O4/c1-11(2,3)19-10(18)12-7(5-9(16)17)8-6-15(4)14-13-8/h6-7H,5H2,1-4H3,(H,12,18)(H,16,17)/t7-/m1/s1. The Labute approximate surface area is 110 Å². The lowest BCUT2D eigenvalue weighted by molar-refractivity contribution is -0.137. The van der Waals surface area contributed by atoms with Crippen LogP contribution in [-0.4, -0.2) is 37.8 Å². The Morgan fingerprint density at radius 2 is 2.16 bits per heavy atom. The van der Waals surface area contributed by atoms with Gasteiger partial charge < -0.3 is 15.2 Å². The van der Waals surface area contributed by atoms with Crippen LogP contribution in [0.5, 0.6) is 0 Å². The van der Waals surface area contributed by atoms with Crippen LogP contribution in [0.15, 0.2) is 6.20 Å². The molecular weight excluding hydrogens is 252 g/mol. The van der Waals surface area contributed by atoms with E-state index >= 15 is 0 Å². The van der Waals surface area contributed by atoms with Crippen LogP contribution in [0.3, 0.4) is 0 Å². The van der Waals surface area contributed by atoms with Gasteiger partial charge in [0.25, 0.3) is 0 Å². The summed E-state index contributed by atoms with van der Waals surface area (Å²) in [4.78, 5) is 22.5. The summed E-state index contributed by atoms with van der Waals surface area (Å²) in [5, 5.41) is 18.8. The second-order valence-electron chi connectivity index (χ2n) is 5.11. The Morgan fingerprint density at radius 3 is 2.58 bits per heavy atom. The molecule has 8 nitrogen and oxygen atoms in total. The molecule has 106 valence electrons. The maximum atomic E-state index is 11.6. The fraction of sp³-hybridized carbons (Fsp3) is 0.636. The second-order valence-corrected chi connectivity index (χ2v) is 5.11. The molecular formula is C11H18N4O4. The quantitative estimate of drug-likeness (QED) is 0.840. The van der Waals surface area contributed by atoms with Crippen LogP contribution in [-0.2, 0) is 16.6 Å². The first-order chi connectivity index (χ1) is 8.67. The van der Waals surface area contributed by atoms with Crippen LogP contribution in [0.1, 0.15) is 38.9 Å². The molecule has 2 N–H and O–H groups in total. The molecule has 1 atom stereocenters. The van der Waals surface area contributed by atoms with Gasteiger partial charge in [-0.3, -0.25) is 9.48 Å². The highest BCUT2D eigenvalue weighted by Crippen LogP contribution is 2.15. The summed E-state index contributed by atoms with van der Waals surface area (Å²) in [5.74, 6) is -1.05. The number of carboxylic acid groups (broad SMARTS) is 1. The molecule has 0 aliphatic rings. The number of nitrogens with zero attached hydrogens (tertiary/aromatic N) is 3. The van der Waals surface area contributed by atoms with E-state index in [4.69, 9.17) is 9.84 Å². The van der Waals surface area contributed by atoms with Gasteiger partial charge in [-0.15, -0.1) is 5.10 Å². The number of rotatable bonds is 4. The largest absolute Gasteiger partial charge is 0.481 e. The topological polar surface area (TPSA) is 106 Å². The maximum absolute atomic E-state index is 11.6. The molecule has 0 spiro atoms. The van der Waals surface area contributed by atoms with Crippen molar-refractivity contribution in [1.29, 1.82) is 0 Å². The summed E-state index contributed by atoms with van der Waals surface area (Å²) in [6, 6.07) is -0.777. The first-order valence-electron chi connectivity index (χ1n) is 5.75. The molecule has 8 heteroatoms. The van der Waals surface area contributed by atoms with Gasteiger partial charge in [-0.25, -0.2) is 4.79 Å². The van der Waals surface area contributed by atoms with Crippen molar-refractivity contribution < 1.29 is 19.4 Å². The Kier molecular flexibility index (Phi) is 4.47. The van der Waals surface area contributed by atoms with E-state index in [0.29, 0.717) is 5.69 Å². The highest BCUT2D eigenvalue weighted by atomic mass is 16.6. The second kappa shape index (κ2) is 5.68. The number of aliphatic carboxylic acids is 1. The molecule has 0 saturated heterocycles. The number of carbonyl (C=O) groups is 2. The summed E-state index contributed by atoms with van der Waals surface area (Å²) in [6.45, 7) is 5.17. The molecule has 0 aliphatic heterocycles. The van der Waals surface area contributed by atoms with E-state index in [1.165, 1.54) is 4.68 Å². The van der Waals surface area contributed by atoms with E-state index in [9.17, 15) is 9.59 Å². The molecule has 0 unspecified atom stereocenters. The van der Waals surface area contributed by atoms with Crippen molar-refractivity contribution >= 4 is 12.1 Å². The highest BCUT2D eigenvalue weighted by Gasteiger charge is 2.24. The molecule has 19 heavy (non-hydrogen) atoms. The van der Waals surface area contributed by atoms with Crippen LogP contribution >= 0.6 is 0 Å². The number of carbonyl (C=O) groups excluding carboxylic acids is 1. The van der Waals surface area contributed by atoms with Gasteiger partial charge in [0.1, 0.15) is 11.3 Å². The Balaban J connectivity index is 2.76. The van der Waals surface area contributed by atoms with E-state index in [1.54, 1.807) is 34.0 Å². The molecule has 1 amide bonds. The van der Waals surface area contributed by atoms with Gasteiger partial charge in [-0.2, -0.15) is 0 Å². The van der Waals surface area contributed by atoms with Gasteiger partial charge in [-0.05, 0) is 20.8 Å². The molecule has 1 rings (SSSR count). The monoisotopic (exact) mass is 270 g/mol. The van der Waals surface area contributed by atoms with Crippen molar-refractivity contribution in [3.63, 3.8) is 0 Å². The summed E-state index contributed by atoms with van der Waals surface area (Å²) < 4.78 is 6.51. The fourth-order valence-corrected chi connectivity index (χ4v) is 1.38. The molecule has 0 aromatic carbocycles. The van der Waals surface area contributed by atoms with Crippen LogP contribution in [0.4, 0.5) is 4.79 Å². The number of hydrogen-bond acceptors (Lipinski definition) is 5. The Hall–Kier alpha value is -2.12. The minimum Gasteiger partial charge on any atom is -0.481 e.